The number of aromatic nitrogens is 1. The van der Waals surface area contributed by atoms with Crippen molar-refractivity contribution in [2.45, 2.75) is 13.5 Å². The Kier molecular flexibility index (Phi) is 7.93. The Morgan fingerprint density at radius 1 is 1.41 bits per heavy atom. The minimum atomic E-state index is -0.574. The molecule has 0 bridgehead atoms. The Labute approximate surface area is 167 Å². The number of phenolic OH excluding ortho intramolecular Hbond substituents is 1. The van der Waals surface area contributed by atoms with Crippen LogP contribution in [-0.4, -0.2) is 14.6 Å². The zero-order valence-corrected chi connectivity index (χ0v) is 15.8. The quantitative estimate of drug-likeness (QED) is 0.230. The normalized spacial score (nSPS) is 9.93. The van der Waals surface area contributed by atoms with E-state index in [1.54, 1.807) is 25.2 Å². The highest BCUT2D eigenvalue weighted by Crippen LogP contribution is 2.24. The van der Waals surface area contributed by atoms with Gasteiger partial charge >= 0.3 is 0 Å². The van der Waals surface area contributed by atoms with Crippen LogP contribution in [0.2, 0.25) is 0 Å². The molecule has 0 unspecified atom stereocenters. The molecule has 29 heavy (non-hydrogen) atoms. The van der Waals surface area contributed by atoms with Crippen molar-refractivity contribution in [3.05, 3.63) is 93.0 Å². The molecule has 0 aliphatic rings. The van der Waals surface area contributed by atoms with Gasteiger partial charge in [0.05, 0.1) is 22.8 Å². The van der Waals surface area contributed by atoms with Crippen molar-refractivity contribution in [3.8, 4) is 11.8 Å². The standard InChI is InChI=1S/C14H15N3O.C6H6N2O3/c1-4-5-6-10(2)8-17-9-13(16)11(3)12(7-15)14(17)18;7-5-3-4(8(10)11)1-2-6(5)9/h4-6,9H,1-2,8,16H2,3H3;1-3,9H,7H2/b6-5-;. The summed E-state index contributed by atoms with van der Waals surface area (Å²) in [6.07, 6.45) is 6.64. The van der Waals surface area contributed by atoms with Crippen LogP contribution in [0.25, 0.3) is 0 Å². The van der Waals surface area contributed by atoms with Crippen LogP contribution in [-0.2, 0) is 6.54 Å². The molecule has 1 aromatic heterocycles. The number of pyridine rings is 1. The van der Waals surface area contributed by atoms with Gasteiger partial charge in [-0.15, -0.1) is 0 Å². The average molecular weight is 395 g/mol. The van der Waals surface area contributed by atoms with E-state index in [0.29, 0.717) is 17.8 Å². The third-order valence-corrected chi connectivity index (χ3v) is 3.75. The number of aromatic hydroxyl groups is 1. The van der Waals surface area contributed by atoms with E-state index < -0.39 is 4.92 Å². The molecule has 9 nitrogen and oxygen atoms in total. The molecule has 2 rings (SSSR count). The summed E-state index contributed by atoms with van der Waals surface area (Å²) in [5.74, 6) is -0.143. The molecule has 0 fully saturated rings. The fourth-order valence-corrected chi connectivity index (χ4v) is 2.15. The summed E-state index contributed by atoms with van der Waals surface area (Å²) in [5, 5.41) is 28.0. The molecule has 0 atom stereocenters. The van der Waals surface area contributed by atoms with Gasteiger partial charge in [0.25, 0.3) is 11.2 Å². The van der Waals surface area contributed by atoms with Crippen LogP contribution in [0, 0.1) is 28.4 Å². The van der Waals surface area contributed by atoms with Gasteiger partial charge in [-0.2, -0.15) is 5.26 Å². The molecule has 2 aromatic rings. The van der Waals surface area contributed by atoms with Crippen molar-refractivity contribution >= 4 is 17.1 Å². The van der Waals surface area contributed by atoms with E-state index in [9.17, 15) is 14.9 Å². The van der Waals surface area contributed by atoms with E-state index >= 15 is 0 Å². The molecule has 1 aromatic carbocycles. The number of nitrogens with zero attached hydrogens (tertiary/aromatic N) is 3. The third-order valence-electron chi connectivity index (χ3n) is 3.75. The van der Waals surface area contributed by atoms with Gasteiger partial charge in [0.1, 0.15) is 17.4 Å². The molecule has 0 spiro atoms. The number of hydrogen-bond acceptors (Lipinski definition) is 7. The van der Waals surface area contributed by atoms with Crippen LogP contribution in [0.15, 0.2) is 66.1 Å². The predicted molar refractivity (Wildman–Crippen MR) is 112 cm³/mol. The maximum absolute atomic E-state index is 12.0. The van der Waals surface area contributed by atoms with E-state index in [0.717, 1.165) is 11.6 Å². The first-order valence-corrected chi connectivity index (χ1v) is 8.21. The second-order valence-corrected chi connectivity index (χ2v) is 5.88. The number of non-ortho nitro benzene ring substituents is 1. The van der Waals surface area contributed by atoms with Gasteiger partial charge in [-0.05, 0) is 24.1 Å². The minimum Gasteiger partial charge on any atom is -0.506 e. The number of nitro groups is 1. The molecule has 0 radical (unpaired) electrons. The fraction of sp³-hybridized carbons (Fsp3) is 0.100. The summed E-state index contributed by atoms with van der Waals surface area (Å²) < 4.78 is 1.39. The number of benzene rings is 1. The highest BCUT2D eigenvalue weighted by atomic mass is 16.6. The Balaban J connectivity index is 0.000000326. The number of allylic oxidation sites excluding steroid dienone is 4. The minimum absolute atomic E-state index is 0.0131. The molecule has 150 valence electrons. The molecule has 0 saturated carbocycles. The van der Waals surface area contributed by atoms with E-state index in [4.69, 9.17) is 21.8 Å². The van der Waals surface area contributed by atoms with Gasteiger partial charge in [-0.3, -0.25) is 14.9 Å². The second kappa shape index (κ2) is 10.1. The van der Waals surface area contributed by atoms with E-state index in [1.165, 1.54) is 22.9 Å². The van der Waals surface area contributed by atoms with Crippen LogP contribution in [0.5, 0.6) is 5.75 Å². The van der Waals surface area contributed by atoms with Gasteiger partial charge in [0.2, 0.25) is 0 Å². The van der Waals surface area contributed by atoms with Gasteiger partial charge in [0, 0.05) is 18.3 Å². The maximum Gasteiger partial charge on any atom is 0.271 e. The SMILES string of the molecule is C=C/C=C\C(=C)Cn1cc(N)c(C)c(C#N)c1=O.Nc1cc([N+](=O)[O-])ccc1O. The Morgan fingerprint density at radius 3 is 2.59 bits per heavy atom. The lowest BCUT2D eigenvalue weighted by Gasteiger charge is -2.10. The lowest BCUT2D eigenvalue weighted by molar-refractivity contribution is -0.384. The summed E-state index contributed by atoms with van der Waals surface area (Å²) in [4.78, 5) is 21.5. The molecule has 0 aliphatic heterocycles. The number of hydrogen-bond donors (Lipinski definition) is 3. The number of nitrogen functional groups attached to an aromatic ring is 2. The first-order valence-electron chi connectivity index (χ1n) is 8.21. The summed E-state index contributed by atoms with van der Waals surface area (Å²) in [5.41, 5.74) is 12.3. The van der Waals surface area contributed by atoms with Gasteiger partial charge in [-0.1, -0.05) is 31.4 Å². The highest BCUT2D eigenvalue weighted by molar-refractivity contribution is 5.57. The Morgan fingerprint density at radius 2 is 2.07 bits per heavy atom. The molecule has 9 heteroatoms. The number of nitro benzene ring substituents is 1. The smallest absolute Gasteiger partial charge is 0.271 e. The van der Waals surface area contributed by atoms with Crippen molar-refractivity contribution in [1.29, 1.82) is 5.26 Å². The van der Waals surface area contributed by atoms with Crippen LogP contribution >= 0.6 is 0 Å². The monoisotopic (exact) mass is 395 g/mol. The average Bonchev–Trinajstić information content (AvgIpc) is 2.67. The highest BCUT2D eigenvalue weighted by Gasteiger charge is 2.10. The largest absolute Gasteiger partial charge is 0.506 e. The number of phenols is 1. The first-order chi connectivity index (χ1) is 13.6. The predicted octanol–water partition coefficient (Wildman–Crippen LogP) is 2.79. The van der Waals surface area contributed by atoms with Gasteiger partial charge in [0.15, 0.2) is 0 Å². The zero-order valence-electron chi connectivity index (χ0n) is 15.8. The Hall–Kier alpha value is -4.32. The number of anilines is 2. The van der Waals surface area contributed by atoms with Crippen molar-refractivity contribution in [1.82, 2.24) is 4.57 Å². The topological polar surface area (TPSA) is 161 Å². The van der Waals surface area contributed by atoms with Crippen LogP contribution in [0.4, 0.5) is 17.1 Å². The van der Waals surface area contributed by atoms with Crippen LogP contribution in [0.1, 0.15) is 11.1 Å². The molecule has 0 amide bonds. The molecular weight excluding hydrogens is 374 g/mol. The Bertz CT molecular complexity index is 1080. The number of nitriles is 1. The van der Waals surface area contributed by atoms with Gasteiger partial charge < -0.3 is 21.1 Å². The molecule has 0 saturated heterocycles. The zero-order chi connectivity index (χ0) is 22.1. The van der Waals surface area contributed by atoms with E-state index in [-0.39, 0.29) is 28.2 Å². The second-order valence-electron chi connectivity index (χ2n) is 5.88. The summed E-state index contributed by atoms with van der Waals surface area (Å²) >= 11 is 0. The lowest BCUT2D eigenvalue weighted by Crippen LogP contribution is -2.24. The summed E-state index contributed by atoms with van der Waals surface area (Å²) in [6.45, 7) is 9.32. The molecule has 1 heterocycles. The van der Waals surface area contributed by atoms with Gasteiger partial charge in [-0.25, -0.2) is 0 Å². The summed E-state index contributed by atoms with van der Waals surface area (Å²) in [6, 6.07) is 5.36. The van der Waals surface area contributed by atoms with Crippen LogP contribution < -0.4 is 17.0 Å². The van der Waals surface area contributed by atoms with Crippen molar-refractivity contribution in [2.24, 2.45) is 0 Å². The lowest BCUT2D eigenvalue weighted by atomic mass is 10.1. The third kappa shape index (κ3) is 6.11. The molecule has 5 N–H and O–H groups in total. The van der Waals surface area contributed by atoms with E-state index in [2.05, 4.69) is 13.2 Å². The fourth-order valence-electron chi connectivity index (χ4n) is 2.15. The number of nitrogens with two attached hydrogens (primary N) is 2. The maximum atomic E-state index is 12.0. The van der Waals surface area contributed by atoms with Crippen LogP contribution in [0.3, 0.4) is 0 Å². The molecular formula is C20H21N5O4. The molecule has 0 aliphatic carbocycles. The number of rotatable bonds is 5. The summed E-state index contributed by atoms with van der Waals surface area (Å²) in [7, 11) is 0. The first kappa shape index (κ1) is 22.7. The van der Waals surface area contributed by atoms with Crippen molar-refractivity contribution in [2.75, 3.05) is 11.5 Å². The van der Waals surface area contributed by atoms with Crippen molar-refractivity contribution < 1.29 is 10.0 Å². The van der Waals surface area contributed by atoms with Crippen molar-refractivity contribution in [3.63, 3.8) is 0 Å². The van der Waals surface area contributed by atoms with E-state index in [1.807, 2.05) is 6.07 Å².